The second-order valence-electron chi connectivity index (χ2n) is 12.2. The molecular formula is C36H42N6O3. The molecule has 1 saturated heterocycles. The third kappa shape index (κ3) is 6.74. The number of benzene rings is 3. The molecule has 6 rings (SSSR count). The van der Waals surface area contributed by atoms with Crippen LogP contribution in [0.2, 0.25) is 0 Å². The average molecular weight is 607 g/mol. The van der Waals surface area contributed by atoms with Gasteiger partial charge in [-0.05, 0) is 87.7 Å². The average Bonchev–Trinajstić information content (AvgIpc) is 3.63. The first-order valence-corrected chi connectivity index (χ1v) is 15.7. The Labute approximate surface area is 264 Å². The van der Waals surface area contributed by atoms with Crippen molar-refractivity contribution in [3.63, 3.8) is 0 Å². The summed E-state index contributed by atoms with van der Waals surface area (Å²) in [6, 6.07) is 17.1. The molecule has 3 aromatic carbocycles. The number of carbonyl (C=O) groups is 1. The number of imidazole rings is 1. The van der Waals surface area contributed by atoms with Crippen molar-refractivity contribution in [2.75, 3.05) is 45.1 Å². The number of piperazine rings is 1. The van der Waals surface area contributed by atoms with E-state index in [1.807, 2.05) is 12.1 Å². The van der Waals surface area contributed by atoms with Crippen LogP contribution in [0.25, 0.3) is 16.6 Å². The summed E-state index contributed by atoms with van der Waals surface area (Å²) in [7, 11) is 2.20. The molecule has 1 amide bonds. The first-order valence-electron chi connectivity index (χ1n) is 15.7. The van der Waals surface area contributed by atoms with Crippen LogP contribution in [-0.4, -0.2) is 79.8 Å². The van der Waals surface area contributed by atoms with Crippen molar-refractivity contribution in [1.29, 1.82) is 0 Å². The van der Waals surface area contributed by atoms with E-state index in [-0.39, 0.29) is 23.1 Å². The fraction of sp³-hybridized carbons (Fsp3) is 0.333. The number of phenols is 2. The number of aromatic hydroxyl groups is 2. The number of rotatable bonds is 10. The van der Waals surface area contributed by atoms with Gasteiger partial charge in [0.05, 0.1) is 6.33 Å². The van der Waals surface area contributed by atoms with Gasteiger partial charge in [0.1, 0.15) is 17.2 Å². The van der Waals surface area contributed by atoms with E-state index in [0.29, 0.717) is 11.3 Å². The normalized spacial score (nSPS) is 14.3. The molecule has 2 aromatic heterocycles. The lowest BCUT2D eigenvalue weighted by Crippen LogP contribution is -2.44. The molecule has 0 bridgehead atoms. The predicted octanol–water partition coefficient (Wildman–Crippen LogP) is 5.73. The van der Waals surface area contributed by atoms with Gasteiger partial charge < -0.3 is 29.9 Å². The Bertz CT molecular complexity index is 1760. The molecule has 9 heteroatoms. The lowest BCUT2D eigenvalue weighted by atomic mass is 10.0. The minimum absolute atomic E-state index is 0.169. The number of fused-ring (bicyclic) bond motifs is 1. The molecule has 9 nitrogen and oxygen atoms in total. The van der Waals surface area contributed by atoms with E-state index in [1.165, 1.54) is 96.3 Å². The number of aryl methyl sites for hydroxylation is 2. The molecule has 0 saturated carbocycles. The molecule has 45 heavy (non-hydrogen) atoms. The van der Waals surface area contributed by atoms with Gasteiger partial charge >= 0.3 is 0 Å². The summed E-state index contributed by atoms with van der Waals surface area (Å²) in [4.78, 5) is 21.9. The Hall–Kier alpha value is -4.60. The molecule has 3 heterocycles. The van der Waals surface area contributed by atoms with Gasteiger partial charge in [-0.1, -0.05) is 18.2 Å². The van der Waals surface area contributed by atoms with E-state index in [0.717, 1.165) is 18.5 Å². The number of nitrogens with one attached hydrogen (secondary N) is 1. The van der Waals surface area contributed by atoms with Crippen molar-refractivity contribution >= 4 is 22.5 Å². The quantitative estimate of drug-likeness (QED) is 0.176. The third-order valence-electron chi connectivity index (χ3n) is 9.12. The maximum Gasteiger partial charge on any atom is 0.255 e. The van der Waals surface area contributed by atoms with Crippen molar-refractivity contribution in [3.05, 3.63) is 101 Å². The van der Waals surface area contributed by atoms with Crippen molar-refractivity contribution in [1.82, 2.24) is 23.9 Å². The van der Waals surface area contributed by atoms with Crippen LogP contribution in [0.4, 0.5) is 5.69 Å². The number of aromatic nitrogens is 3. The van der Waals surface area contributed by atoms with E-state index in [4.69, 9.17) is 0 Å². The maximum atomic E-state index is 12.9. The molecule has 0 radical (unpaired) electrons. The molecule has 0 unspecified atom stereocenters. The van der Waals surface area contributed by atoms with Gasteiger partial charge in [-0.15, -0.1) is 0 Å². The highest BCUT2D eigenvalue weighted by atomic mass is 16.3. The minimum Gasteiger partial charge on any atom is -0.506 e. The number of amides is 1. The molecule has 0 aliphatic carbocycles. The molecular weight excluding hydrogens is 564 g/mol. The summed E-state index contributed by atoms with van der Waals surface area (Å²) < 4.78 is 3.98. The van der Waals surface area contributed by atoms with Crippen molar-refractivity contribution < 1.29 is 15.0 Å². The zero-order valence-electron chi connectivity index (χ0n) is 26.3. The number of likely N-dealkylation sites (N-methyl/N-ethyl adjacent to an activating group) is 1. The first-order chi connectivity index (χ1) is 21.8. The Kier molecular flexibility index (Phi) is 8.91. The second kappa shape index (κ2) is 13.2. The second-order valence-corrected chi connectivity index (χ2v) is 12.2. The molecule has 1 aliphatic rings. The van der Waals surface area contributed by atoms with Gasteiger partial charge in [-0.2, -0.15) is 0 Å². The highest BCUT2D eigenvalue weighted by Crippen LogP contribution is 2.35. The number of unbranched alkanes of at least 4 members (excludes halogenated alkanes) is 1. The van der Waals surface area contributed by atoms with Crippen LogP contribution in [0.5, 0.6) is 11.5 Å². The van der Waals surface area contributed by atoms with E-state index in [1.54, 1.807) is 24.5 Å². The Morgan fingerprint density at radius 1 is 0.889 bits per heavy atom. The van der Waals surface area contributed by atoms with E-state index < -0.39 is 0 Å². The van der Waals surface area contributed by atoms with Crippen LogP contribution < -0.4 is 5.32 Å². The van der Waals surface area contributed by atoms with Crippen LogP contribution >= 0.6 is 0 Å². The van der Waals surface area contributed by atoms with Crippen LogP contribution in [-0.2, 0) is 13.0 Å². The summed E-state index contributed by atoms with van der Waals surface area (Å²) in [5, 5.41) is 25.0. The van der Waals surface area contributed by atoms with Gasteiger partial charge in [0.25, 0.3) is 5.91 Å². The molecule has 1 aliphatic heterocycles. The van der Waals surface area contributed by atoms with Crippen molar-refractivity contribution in [3.8, 4) is 17.2 Å². The highest BCUT2D eigenvalue weighted by Gasteiger charge is 2.16. The van der Waals surface area contributed by atoms with Crippen LogP contribution in [0, 0.1) is 13.8 Å². The fourth-order valence-electron chi connectivity index (χ4n) is 6.32. The molecule has 234 valence electrons. The predicted molar refractivity (Wildman–Crippen MR) is 179 cm³/mol. The number of hydrogen-bond acceptors (Lipinski definition) is 6. The van der Waals surface area contributed by atoms with Crippen LogP contribution in [0.1, 0.15) is 45.6 Å². The summed E-state index contributed by atoms with van der Waals surface area (Å²) in [5.74, 6) is -0.664. The molecule has 3 N–H and O–H groups in total. The van der Waals surface area contributed by atoms with Gasteiger partial charge in [-0.3, -0.25) is 9.36 Å². The van der Waals surface area contributed by atoms with E-state index in [9.17, 15) is 15.0 Å². The maximum absolute atomic E-state index is 12.9. The van der Waals surface area contributed by atoms with Crippen molar-refractivity contribution in [2.45, 2.75) is 39.7 Å². The van der Waals surface area contributed by atoms with Crippen LogP contribution in [0.15, 0.2) is 73.3 Å². The van der Waals surface area contributed by atoms with E-state index in [2.05, 4.69) is 63.8 Å². The first kappa shape index (κ1) is 30.4. The van der Waals surface area contributed by atoms with Crippen molar-refractivity contribution in [2.24, 2.45) is 0 Å². The van der Waals surface area contributed by atoms with Gasteiger partial charge in [-0.25, -0.2) is 4.98 Å². The molecule has 0 atom stereocenters. The zero-order valence-corrected chi connectivity index (χ0v) is 26.3. The molecule has 1 fully saturated rings. The van der Waals surface area contributed by atoms with E-state index >= 15 is 0 Å². The number of anilines is 1. The van der Waals surface area contributed by atoms with Gasteiger partial charge in [0, 0.05) is 85.1 Å². The summed E-state index contributed by atoms with van der Waals surface area (Å²) in [6.07, 6.45) is 7.80. The lowest BCUT2D eigenvalue weighted by Gasteiger charge is -2.32. The molecule has 5 aromatic rings. The largest absolute Gasteiger partial charge is 0.506 e. The summed E-state index contributed by atoms with van der Waals surface area (Å²) >= 11 is 0. The van der Waals surface area contributed by atoms with Crippen LogP contribution in [0.3, 0.4) is 0 Å². The Morgan fingerprint density at radius 3 is 2.27 bits per heavy atom. The summed E-state index contributed by atoms with van der Waals surface area (Å²) in [6.45, 7) is 11.4. The Morgan fingerprint density at radius 2 is 1.58 bits per heavy atom. The number of hydrogen-bond donors (Lipinski definition) is 3. The standard InChI is InChI=1S/C36H42N6O3/c1-25-26(2)42(14-5-4-13-40-18-16-39(3)17-19-40)32-11-8-28(21-31(25)32)20-27-6-9-29(10-7-27)36(45)38-30-22-33(43)35(34(44)23-30)41-15-12-37-24-41/h6-12,15,21-24,43-44H,4-5,13-14,16-20H2,1-3H3,(H,38,45). The minimum atomic E-state index is -0.326. The monoisotopic (exact) mass is 606 g/mol. The molecule has 0 spiro atoms. The SMILES string of the molecule is Cc1c(C)n(CCCCN2CCN(C)CC2)c2ccc(Cc3ccc(C(=O)Nc4cc(O)c(-n5ccnc5)c(O)c4)cc3)cc12. The van der Waals surface area contributed by atoms with Gasteiger partial charge in [0.15, 0.2) is 0 Å². The third-order valence-corrected chi connectivity index (χ3v) is 9.12. The number of carbonyl (C=O) groups excluding carboxylic acids is 1. The highest BCUT2D eigenvalue weighted by molar-refractivity contribution is 6.04. The summed E-state index contributed by atoms with van der Waals surface area (Å²) in [5.41, 5.74) is 7.32. The fourth-order valence-corrected chi connectivity index (χ4v) is 6.32. The Balaban J connectivity index is 1.07. The lowest BCUT2D eigenvalue weighted by molar-refractivity contribution is 0.102. The van der Waals surface area contributed by atoms with Gasteiger partial charge in [0.2, 0.25) is 0 Å². The smallest absolute Gasteiger partial charge is 0.255 e. The number of nitrogens with zero attached hydrogens (tertiary/aromatic N) is 5. The topological polar surface area (TPSA) is 98.8 Å². The number of phenolic OH excluding ortho intramolecular Hbond substituents is 2. The zero-order chi connectivity index (χ0) is 31.5.